The Morgan fingerprint density at radius 1 is 1.30 bits per heavy atom. The lowest BCUT2D eigenvalue weighted by Crippen LogP contribution is -2.27. The molecule has 1 aliphatic heterocycles. The van der Waals surface area contributed by atoms with Crippen LogP contribution in [0.1, 0.15) is 25.5 Å². The number of nitrogens with one attached hydrogen (secondary N) is 1. The highest BCUT2D eigenvalue weighted by atomic mass is 32.2. The van der Waals surface area contributed by atoms with E-state index in [1.165, 1.54) is 0 Å². The fraction of sp³-hybridized carbons (Fsp3) is 0.643. The van der Waals surface area contributed by atoms with Gasteiger partial charge in [-0.3, -0.25) is 4.90 Å². The van der Waals surface area contributed by atoms with Crippen LogP contribution in [0.4, 0.5) is 5.82 Å². The Kier molecular flexibility index (Phi) is 5.37. The fourth-order valence-electron chi connectivity index (χ4n) is 2.30. The number of anilines is 1. The molecule has 6 heteroatoms. The first-order valence-electron chi connectivity index (χ1n) is 7.21. The Balaban J connectivity index is 1.95. The molecule has 1 saturated heterocycles. The second kappa shape index (κ2) is 7.04. The standard InChI is InChI=1S/C14H23N3O2S/c1-2-7-15-14-6-3-5-13(16-14)12-17-8-4-10-20(18,19)11-9-17/h3,5-6H,2,4,7-12H2,1H3,(H,15,16). The van der Waals surface area contributed by atoms with Gasteiger partial charge in [-0.2, -0.15) is 0 Å². The van der Waals surface area contributed by atoms with E-state index in [0.717, 1.165) is 44.0 Å². The first-order valence-corrected chi connectivity index (χ1v) is 9.04. The van der Waals surface area contributed by atoms with E-state index >= 15 is 0 Å². The van der Waals surface area contributed by atoms with Gasteiger partial charge < -0.3 is 5.32 Å². The van der Waals surface area contributed by atoms with Gasteiger partial charge in [-0.05, 0) is 31.5 Å². The van der Waals surface area contributed by atoms with E-state index in [9.17, 15) is 8.42 Å². The second-order valence-corrected chi connectivity index (χ2v) is 7.53. The van der Waals surface area contributed by atoms with E-state index in [4.69, 9.17) is 0 Å². The van der Waals surface area contributed by atoms with Crippen LogP contribution < -0.4 is 5.32 Å². The van der Waals surface area contributed by atoms with Crippen LogP contribution in [0.25, 0.3) is 0 Å². The molecule has 2 heterocycles. The van der Waals surface area contributed by atoms with Gasteiger partial charge in [-0.1, -0.05) is 13.0 Å². The van der Waals surface area contributed by atoms with Crippen LogP contribution in [0, 0.1) is 0 Å². The van der Waals surface area contributed by atoms with Gasteiger partial charge in [-0.15, -0.1) is 0 Å². The Bertz CT molecular complexity index is 531. The van der Waals surface area contributed by atoms with Gasteiger partial charge in [0, 0.05) is 19.6 Å². The van der Waals surface area contributed by atoms with E-state index in [1.807, 2.05) is 18.2 Å². The normalized spacial score (nSPS) is 19.4. The smallest absolute Gasteiger partial charge is 0.151 e. The zero-order valence-corrected chi connectivity index (χ0v) is 12.8. The van der Waals surface area contributed by atoms with Crippen LogP contribution >= 0.6 is 0 Å². The van der Waals surface area contributed by atoms with Crippen LogP contribution in [0.5, 0.6) is 0 Å². The summed E-state index contributed by atoms with van der Waals surface area (Å²) in [4.78, 5) is 6.75. The molecule has 112 valence electrons. The molecule has 1 fully saturated rings. The van der Waals surface area contributed by atoms with E-state index in [-0.39, 0.29) is 5.75 Å². The van der Waals surface area contributed by atoms with Crippen LogP contribution in [0.3, 0.4) is 0 Å². The SMILES string of the molecule is CCCNc1cccc(CN2CCCS(=O)(=O)CC2)n1. The van der Waals surface area contributed by atoms with Crippen LogP contribution in [-0.4, -0.2) is 49.4 Å². The summed E-state index contributed by atoms with van der Waals surface area (Å²) in [6, 6.07) is 5.96. The average Bonchev–Trinajstić information content (AvgIpc) is 2.58. The molecule has 0 aliphatic carbocycles. The summed E-state index contributed by atoms with van der Waals surface area (Å²) in [6.45, 7) is 5.19. The molecule has 1 N–H and O–H groups in total. The third kappa shape index (κ3) is 4.76. The maximum absolute atomic E-state index is 11.6. The van der Waals surface area contributed by atoms with Crippen molar-refractivity contribution in [3.05, 3.63) is 23.9 Å². The number of pyridine rings is 1. The molecular weight excluding hydrogens is 274 g/mol. The molecule has 0 atom stereocenters. The summed E-state index contributed by atoms with van der Waals surface area (Å²) in [5, 5.41) is 3.27. The summed E-state index contributed by atoms with van der Waals surface area (Å²) in [6.07, 6.45) is 1.78. The van der Waals surface area contributed by atoms with Gasteiger partial charge in [0.2, 0.25) is 0 Å². The Morgan fingerprint density at radius 2 is 2.15 bits per heavy atom. The van der Waals surface area contributed by atoms with Crippen molar-refractivity contribution >= 4 is 15.7 Å². The largest absolute Gasteiger partial charge is 0.370 e. The minimum atomic E-state index is -2.84. The molecular formula is C14H23N3O2S. The third-order valence-electron chi connectivity index (χ3n) is 3.40. The van der Waals surface area contributed by atoms with Gasteiger partial charge in [0.1, 0.15) is 5.82 Å². The Morgan fingerprint density at radius 3 is 2.95 bits per heavy atom. The predicted octanol–water partition coefficient (Wildman–Crippen LogP) is 1.52. The van der Waals surface area contributed by atoms with Crippen LogP contribution in [0.15, 0.2) is 18.2 Å². The number of sulfone groups is 1. The van der Waals surface area contributed by atoms with Crippen molar-refractivity contribution in [1.29, 1.82) is 0 Å². The van der Waals surface area contributed by atoms with Gasteiger partial charge >= 0.3 is 0 Å². The quantitative estimate of drug-likeness (QED) is 0.893. The van der Waals surface area contributed by atoms with E-state index in [1.54, 1.807) is 0 Å². The van der Waals surface area contributed by atoms with Crippen molar-refractivity contribution in [2.75, 3.05) is 36.5 Å². The summed E-state index contributed by atoms with van der Waals surface area (Å²) < 4.78 is 23.2. The predicted molar refractivity (Wildman–Crippen MR) is 81.6 cm³/mol. The van der Waals surface area contributed by atoms with Crippen LogP contribution in [-0.2, 0) is 16.4 Å². The number of nitrogens with zero attached hydrogens (tertiary/aromatic N) is 2. The van der Waals surface area contributed by atoms with Crippen molar-refractivity contribution in [2.45, 2.75) is 26.3 Å². The lowest BCUT2D eigenvalue weighted by Gasteiger charge is -2.18. The highest BCUT2D eigenvalue weighted by Crippen LogP contribution is 2.11. The molecule has 0 radical (unpaired) electrons. The lowest BCUT2D eigenvalue weighted by atomic mass is 10.3. The molecule has 5 nitrogen and oxygen atoms in total. The van der Waals surface area contributed by atoms with Gasteiger partial charge in [0.05, 0.1) is 17.2 Å². The van der Waals surface area contributed by atoms with Crippen molar-refractivity contribution in [2.24, 2.45) is 0 Å². The molecule has 0 amide bonds. The molecule has 1 aliphatic rings. The number of rotatable bonds is 5. The average molecular weight is 297 g/mol. The zero-order valence-electron chi connectivity index (χ0n) is 12.0. The van der Waals surface area contributed by atoms with Gasteiger partial charge in [0.15, 0.2) is 9.84 Å². The number of hydrogen-bond acceptors (Lipinski definition) is 5. The summed E-state index contributed by atoms with van der Waals surface area (Å²) in [7, 11) is -2.84. The lowest BCUT2D eigenvalue weighted by molar-refractivity contribution is 0.284. The minimum Gasteiger partial charge on any atom is -0.370 e. The summed E-state index contributed by atoms with van der Waals surface area (Å²) in [5.41, 5.74) is 0.991. The third-order valence-corrected chi connectivity index (χ3v) is 5.11. The molecule has 1 aromatic rings. The van der Waals surface area contributed by atoms with Crippen molar-refractivity contribution in [1.82, 2.24) is 9.88 Å². The summed E-state index contributed by atoms with van der Waals surface area (Å²) >= 11 is 0. The topological polar surface area (TPSA) is 62.3 Å². The molecule has 20 heavy (non-hydrogen) atoms. The van der Waals surface area contributed by atoms with E-state index in [2.05, 4.69) is 22.1 Å². The second-order valence-electron chi connectivity index (χ2n) is 5.22. The first kappa shape index (κ1) is 15.3. The van der Waals surface area contributed by atoms with Crippen molar-refractivity contribution < 1.29 is 8.42 Å². The van der Waals surface area contributed by atoms with E-state index < -0.39 is 9.84 Å². The van der Waals surface area contributed by atoms with Crippen molar-refractivity contribution in [3.63, 3.8) is 0 Å². The molecule has 0 aromatic carbocycles. The molecule has 0 saturated carbocycles. The Labute approximate surface area is 121 Å². The zero-order chi connectivity index (χ0) is 14.4. The number of hydrogen-bond donors (Lipinski definition) is 1. The maximum atomic E-state index is 11.6. The van der Waals surface area contributed by atoms with Gasteiger partial charge in [-0.25, -0.2) is 13.4 Å². The molecule has 2 rings (SSSR count). The van der Waals surface area contributed by atoms with Crippen LogP contribution in [0.2, 0.25) is 0 Å². The highest BCUT2D eigenvalue weighted by Gasteiger charge is 2.19. The molecule has 0 unspecified atom stereocenters. The highest BCUT2D eigenvalue weighted by molar-refractivity contribution is 7.91. The maximum Gasteiger partial charge on any atom is 0.151 e. The molecule has 0 spiro atoms. The number of aromatic nitrogens is 1. The molecule has 1 aromatic heterocycles. The van der Waals surface area contributed by atoms with Crippen molar-refractivity contribution in [3.8, 4) is 0 Å². The van der Waals surface area contributed by atoms with Gasteiger partial charge in [0.25, 0.3) is 0 Å². The molecule has 0 bridgehead atoms. The first-order chi connectivity index (χ1) is 9.59. The minimum absolute atomic E-state index is 0.265. The fourth-order valence-corrected chi connectivity index (χ4v) is 3.61. The Hall–Kier alpha value is -1.14. The van der Waals surface area contributed by atoms with E-state index in [0.29, 0.717) is 12.3 Å². The monoisotopic (exact) mass is 297 g/mol. The summed E-state index contributed by atoms with van der Waals surface area (Å²) in [5.74, 6) is 1.47.